The highest BCUT2D eigenvalue weighted by Gasteiger charge is 2.30. The first-order chi connectivity index (χ1) is 7.03. The van der Waals surface area contributed by atoms with Crippen molar-refractivity contribution >= 4 is 30.8 Å². The van der Waals surface area contributed by atoms with E-state index in [1.807, 2.05) is 0 Å². The van der Waals surface area contributed by atoms with Crippen molar-refractivity contribution in [1.82, 2.24) is 0 Å². The van der Waals surface area contributed by atoms with Crippen molar-refractivity contribution in [2.75, 3.05) is 0 Å². The van der Waals surface area contributed by atoms with Gasteiger partial charge in [0.2, 0.25) is 9.84 Å². The van der Waals surface area contributed by atoms with E-state index in [2.05, 4.69) is 20.9 Å². The number of aliphatic imine (C=N–C) groups is 1. The molecular weight excluding hydrogens is 285 g/mol. The maximum Gasteiger partial charge on any atom is 0.232 e. The molecule has 0 saturated heterocycles. The largest absolute Gasteiger partial charge is 0.242 e. The molecule has 0 radical (unpaired) electrons. The van der Waals surface area contributed by atoms with E-state index >= 15 is 0 Å². The molecule has 1 aromatic carbocycles. The number of halogens is 2. The summed E-state index contributed by atoms with van der Waals surface area (Å²) < 4.78 is 36.5. The SMILES string of the molecule is O=S1(=O)C(Br)=CN=C1c1ccccc1F. The molecule has 3 nitrogen and oxygen atoms in total. The number of benzene rings is 1. The molecule has 78 valence electrons. The van der Waals surface area contributed by atoms with Gasteiger partial charge >= 0.3 is 0 Å². The summed E-state index contributed by atoms with van der Waals surface area (Å²) in [5, 5.41) is -0.257. The van der Waals surface area contributed by atoms with Gasteiger partial charge < -0.3 is 0 Å². The van der Waals surface area contributed by atoms with Crippen molar-refractivity contribution in [2.24, 2.45) is 4.99 Å². The van der Waals surface area contributed by atoms with Crippen molar-refractivity contribution in [1.29, 1.82) is 0 Å². The molecule has 1 heterocycles. The number of hydrogen-bond acceptors (Lipinski definition) is 3. The van der Waals surface area contributed by atoms with Crippen molar-refractivity contribution in [2.45, 2.75) is 0 Å². The lowest BCUT2D eigenvalue weighted by atomic mass is 10.2. The number of sulfone groups is 1. The molecule has 0 N–H and O–H groups in total. The minimum absolute atomic E-state index is 0.0109. The van der Waals surface area contributed by atoms with Crippen LogP contribution in [0.2, 0.25) is 0 Å². The van der Waals surface area contributed by atoms with Gasteiger partial charge in [-0.1, -0.05) is 12.1 Å². The van der Waals surface area contributed by atoms with E-state index in [9.17, 15) is 12.8 Å². The molecule has 0 atom stereocenters. The molecule has 1 aliphatic heterocycles. The Kier molecular flexibility index (Phi) is 2.47. The van der Waals surface area contributed by atoms with E-state index in [4.69, 9.17) is 0 Å². The third-order valence-electron chi connectivity index (χ3n) is 1.90. The highest BCUT2D eigenvalue weighted by atomic mass is 79.9. The van der Waals surface area contributed by atoms with Crippen LogP contribution < -0.4 is 0 Å². The summed E-state index contributed by atoms with van der Waals surface area (Å²) >= 11 is 2.86. The molecular formula is C9H5BrFNO2S. The molecule has 0 aromatic heterocycles. The van der Waals surface area contributed by atoms with Crippen LogP contribution >= 0.6 is 15.9 Å². The Morgan fingerprint density at radius 3 is 2.47 bits per heavy atom. The van der Waals surface area contributed by atoms with Gasteiger partial charge in [-0.15, -0.1) is 0 Å². The lowest BCUT2D eigenvalue weighted by molar-refractivity contribution is 0.612. The average Bonchev–Trinajstić information content (AvgIpc) is 2.44. The van der Waals surface area contributed by atoms with E-state index in [0.29, 0.717) is 0 Å². The van der Waals surface area contributed by atoms with Gasteiger partial charge in [-0.3, -0.25) is 0 Å². The van der Waals surface area contributed by atoms with Crippen molar-refractivity contribution < 1.29 is 12.8 Å². The molecule has 0 saturated carbocycles. The minimum atomic E-state index is -3.65. The smallest absolute Gasteiger partial charge is 0.232 e. The Bertz CT molecular complexity index is 578. The molecule has 0 aliphatic carbocycles. The second-order valence-corrected chi connectivity index (χ2v) is 6.06. The normalized spacial score (nSPS) is 18.5. The van der Waals surface area contributed by atoms with Crippen LogP contribution in [0.4, 0.5) is 4.39 Å². The molecule has 2 rings (SSSR count). The highest BCUT2D eigenvalue weighted by molar-refractivity contribution is 9.14. The summed E-state index contributed by atoms with van der Waals surface area (Å²) in [6.07, 6.45) is 1.15. The van der Waals surface area contributed by atoms with Gasteiger partial charge in [0.05, 0.1) is 6.20 Å². The summed E-state index contributed by atoms with van der Waals surface area (Å²) in [7, 11) is -3.65. The molecule has 1 aromatic rings. The Balaban J connectivity index is 2.59. The second kappa shape index (κ2) is 3.53. The molecule has 0 amide bonds. The van der Waals surface area contributed by atoms with Gasteiger partial charge in [0.1, 0.15) is 9.63 Å². The van der Waals surface area contributed by atoms with E-state index in [1.54, 1.807) is 6.07 Å². The van der Waals surface area contributed by atoms with Crippen LogP contribution in [0.1, 0.15) is 5.56 Å². The van der Waals surface area contributed by atoms with Crippen molar-refractivity contribution in [3.05, 3.63) is 45.7 Å². The molecule has 1 aliphatic rings. The fourth-order valence-corrected chi connectivity index (χ4v) is 2.77. The van der Waals surface area contributed by atoms with Crippen molar-refractivity contribution in [3.63, 3.8) is 0 Å². The first kappa shape index (κ1) is 10.5. The van der Waals surface area contributed by atoms with Crippen LogP contribution in [-0.2, 0) is 9.84 Å². The van der Waals surface area contributed by atoms with Gasteiger partial charge in [0.15, 0.2) is 5.04 Å². The molecule has 15 heavy (non-hydrogen) atoms. The fourth-order valence-electron chi connectivity index (χ4n) is 1.19. The predicted octanol–water partition coefficient (Wildman–Crippen LogP) is 2.19. The zero-order valence-corrected chi connectivity index (χ0v) is 9.72. The first-order valence-corrected chi connectivity index (χ1v) is 6.24. The monoisotopic (exact) mass is 289 g/mol. The Morgan fingerprint density at radius 2 is 1.93 bits per heavy atom. The lowest BCUT2D eigenvalue weighted by Crippen LogP contribution is -2.13. The van der Waals surface area contributed by atoms with Crippen LogP contribution in [0.5, 0.6) is 0 Å². The van der Waals surface area contributed by atoms with Gasteiger partial charge in [0, 0.05) is 5.56 Å². The Morgan fingerprint density at radius 1 is 1.27 bits per heavy atom. The van der Waals surface area contributed by atoms with E-state index in [0.717, 1.165) is 6.20 Å². The quantitative estimate of drug-likeness (QED) is 0.796. The Hall–Kier alpha value is -1.01. The third-order valence-corrected chi connectivity index (χ3v) is 4.84. The molecule has 0 unspecified atom stereocenters. The highest BCUT2D eigenvalue weighted by Crippen LogP contribution is 2.27. The van der Waals surface area contributed by atoms with E-state index in [-0.39, 0.29) is 14.4 Å². The van der Waals surface area contributed by atoms with Crippen molar-refractivity contribution in [3.8, 4) is 0 Å². The van der Waals surface area contributed by atoms with Crippen LogP contribution in [0, 0.1) is 5.82 Å². The summed E-state index contributed by atoms with van der Waals surface area (Å²) in [6.45, 7) is 0. The zero-order valence-electron chi connectivity index (χ0n) is 7.31. The summed E-state index contributed by atoms with van der Waals surface area (Å²) in [5.41, 5.74) is -0.0109. The van der Waals surface area contributed by atoms with Crippen LogP contribution in [-0.4, -0.2) is 13.5 Å². The third kappa shape index (κ3) is 1.63. The fraction of sp³-hybridized carbons (Fsp3) is 0. The predicted molar refractivity (Wildman–Crippen MR) is 58.9 cm³/mol. The minimum Gasteiger partial charge on any atom is -0.242 e. The lowest BCUT2D eigenvalue weighted by Gasteiger charge is -2.02. The number of rotatable bonds is 1. The second-order valence-electron chi connectivity index (χ2n) is 2.85. The first-order valence-electron chi connectivity index (χ1n) is 3.97. The Labute approximate surface area is 94.4 Å². The number of nitrogens with zero attached hydrogens (tertiary/aromatic N) is 1. The van der Waals surface area contributed by atoms with Gasteiger partial charge in [-0.05, 0) is 28.1 Å². The van der Waals surface area contributed by atoms with E-state index < -0.39 is 15.7 Å². The molecule has 6 heteroatoms. The zero-order chi connectivity index (χ0) is 11.1. The van der Waals surface area contributed by atoms with Crippen LogP contribution in [0.3, 0.4) is 0 Å². The average molecular weight is 290 g/mol. The molecule has 0 fully saturated rings. The van der Waals surface area contributed by atoms with E-state index in [1.165, 1.54) is 18.2 Å². The summed E-state index contributed by atoms with van der Waals surface area (Å²) in [5.74, 6) is -0.601. The molecule has 0 bridgehead atoms. The topological polar surface area (TPSA) is 46.5 Å². The molecule has 0 spiro atoms. The van der Waals surface area contributed by atoms with Gasteiger partial charge in [0.25, 0.3) is 0 Å². The maximum atomic E-state index is 13.3. The van der Waals surface area contributed by atoms with Gasteiger partial charge in [-0.2, -0.15) is 0 Å². The van der Waals surface area contributed by atoms with Gasteiger partial charge in [-0.25, -0.2) is 17.8 Å². The van der Waals surface area contributed by atoms with Crippen LogP contribution in [0.25, 0.3) is 0 Å². The standard InChI is InChI=1S/C9H5BrFNO2S/c10-8-5-12-9(15(8,13)14)6-3-1-2-4-7(6)11/h1-5H. The summed E-state index contributed by atoms with van der Waals surface area (Å²) in [6, 6.07) is 5.62. The summed E-state index contributed by atoms with van der Waals surface area (Å²) in [4.78, 5) is 3.68. The number of hydrogen-bond donors (Lipinski definition) is 0. The van der Waals surface area contributed by atoms with Crippen LogP contribution in [0.15, 0.2) is 39.3 Å². The maximum absolute atomic E-state index is 13.3.